The van der Waals surface area contributed by atoms with Crippen molar-refractivity contribution in [3.63, 3.8) is 0 Å². The number of halogens is 2. The summed E-state index contributed by atoms with van der Waals surface area (Å²) in [7, 11) is -3.55. The minimum Gasteiger partial charge on any atom is -0.379 e. The first-order valence-corrected chi connectivity index (χ1v) is 11.6. The predicted molar refractivity (Wildman–Crippen MR) is 112 cm³/mol. The third-order valence-corrected chi connectivity index (χ3v) is 7.64. The summed E-state index contributed by atoms with van der Waals surface area (Å²) in [5, 5.41) is 3.81. The Bertz CT molecular complexity index is 947. The van der Waals surface area contributed by atoms with Crippen molar-refractivity contribution >= 4 is 56.6 Å². The summed E-state index contributed by atoms with van der Waals surface area (Å²) in [5.41, 5.74) is 0.517. The van der Waals surface area contributed by atoms with E-state index in [1.165, 1.54) is 28.2 Å². The van der Waals surface area contributed by atoms with Crippen molar-refractivity contribution in [2.75, 3.05) is 37.4 Å². The van der Waals surface area contributed by atoms with Crippen molar-refractivity contribution in [1.82, 2.24) is 4.31 Å². The number of anilines is 1. The molecule has 3 rings (SSSR count). The fourth-order valence-corrected chi connectivity index (χ4v) is 5.28. The summed E-state index contributed by atoms with van der Waals surface area (Å²) in [6.07, 6.45) is 0. The molecule has 1 aliphatic heterocycles. The molecule has 1 aliphatic rings. The topological polar surface area (TPSA) is 75.7 Å². The molecule has 0 atom stereocenters. The normalized spacial score (nSPS) is 15.4. The fraction of sp³-hybridized carbons (Fsp3) is 0.278. The van der Waals surface area contributed by atoms with Crippen LogP contribution in [-0.2, 0) is 19.6 Å². The number of rotatable bonds is 6. The number of nitrogens with one attached hydrogen (secondary N) is 1. The van der Waals surface area contributed by atoms with Crippen LogP contribution in [0.15, 0.2) is 52.3 Å². The lowest BCUT2D eigenvalue weighted by molar-refractivity contribution is -0.113. The third kappa shape index (κ3) is 5.40. The van der Waals surface area contributed by atoms with Gasteiger partial charge >= 0.3 is 0 Å². The standard InChI is InChI=1S/C18H18Cl2N2O4S2/c19-13-1-6-16(20)17(11-13)27-12-18(23)21-14-2-4-15(5-3-14)28(24,25)22-7-9-26-10-8-22/h1-6,11H,7-10,12H2,(H,21,23). The van der Waals surface area contributed by atoms with E-state index in [9.17, 15) is 13.2 Å². The van der Waals surface area contributed by atoms with E-state index in [0.29, 0.717) is 42.0 Å². The minimum atomic E-state index is -3.55. The van der Waals surface area contributed by atoms with Crippen molar-refractivity contribution in [3.05, 3.63) is 52.5 Å². The number of sulfonamides is 1. The number of carbonyl (C=O) groups is 1. The van der Waals surface area contributed by atoms with Gasteiger partial charge in [-0.15, -0.1) is 11.8 Å². The van der Waals surface area contributed by atoms with Gasteiger partial charge in [0.25, 0.3) is 0 Å². The highest BCUT2D eigenvalue weighted by molar-refractivity contribution is 8.00. The maximum Gasteiger partial charge on any atom is 0.243 e. The average molecular weight is 461 g/mol. The molecule has 150 valence electrons. The van der Waals surface area contributed by atoms with E-state index in [4.69, 9.17) is 27.9 Å². The smallest absolute Gasteiger partial charge is 0.243 e. The van der Waals surface area contributed by atoms with E-state index in [-0.39, 0.29) is 16.6 Å². The number of hydrogen-bond acceptors (Lipinski definition) is 5. The second-order valence-corrected chi connectivity index (χ2v) is 9.75. The Hall–Kier alpha value is -1.29. The number of nitrogens with zero attached hydrogens (tertiary/aromatic N) is 1. The van der Waals surface area contributed by atoms with E-state index in [1.54, 1.807) is 30.3 Å². The predicted octanol–water partition coefficient (Wildman–Crippen LogP) is 3.75. The Balaban J connectivity index is 1.59. The molecule has 0 saturated carbocycles. The minimum absolute atomic E-state index is 0.147. The van der Waals surface area contributed by atoms with Gasteiger partial charge in [-0.05, 0) is 42.5 Å². The SMILES string of the molecule is O=C(CSc1cc(Cl)ccc1Cl)Nc1ccc(S(=O)(=O)N2CCOCC2)cc1. The zero-order chi connectivity index (χ0) is 20.1. The lowest BCUT2D eigenvalue weighted by atomic mass is 10.3. The van der Waals surface area contributed by atoms with Gasteiger partial charge in [-0.1, -0.05) is 23.2 Å². The molecule has 2 aromatic carbocycles. The second kappa shape index (κ2) is 9.47. The molecule has 0 radical (unpaired) electrons. The lowest BCUT2D eigenvalue weighted by Crippen LogP contribution is -2.40. The molecule has 1 saturated heterocycles. The zero-order valence-corrected chi connectivity index (χ0v) is 17.9. The first-order valence-electron chi connectivity index (χ1n) is 8.42. The molecule has 1 amide bonds. The Morgan fingerprint density at radius 3 is 2.46 bits per heavy atom. The quantitative estimate of drug-likeness (QED) is 0.664. The molecular formula is C18H18Cl2N2O4S2. The van der Waals surface area contributed by atoms with Gasteiger partial charge in [-0.2, -0.15) is 4.31 Å². The van der Waals surface area contributed by atoms with Crippen LogP contribution in [0.2, 0.25) is 10.0 Å². The van der Waals surface area contributed by atoms with Crippen LogP contribution < -0.4 is 5.32 Å². The van der Waals surface area contributed by atoms with E-state index >= 15 is 0 Å². The van der Waals surface area contributed by atoms with Crippen LogP contribution in [0.3, 0.4) is 0 Å². The number of morpholine rings is 1. The summed E-state index contributed by atoms with van der Waals surface area (Å²) in [4.78, 5) is 13.1. The van der Waals surface area contributed by atoms with E-state index < -0.39 is 10.0 Å². The monoisotopic (exact) mass is 460 g/mol. The highest BCUT2D eigenvalue weighted by Gasteiger charge is 2.26. The zero-order valence-electron chi connectivity index (χ0n) is 14.7. The van der Waals surface area contributed by atoms with Crippen molar-refractivity contribution in [2.24, 2.45) is 0 Å². The highest BCUT2D eigenvalue weighted by atomic mass is 35.5. The summed E-state index contributed by atoms with van der Waals surface area (Å²) in [6, 6.07) is 11.2. The lowest BCUT2D eigenvalue weighted by Gasteiger charge is -2.26. The van der Waals surface area contributed by atoms with Crippen molar-refractivity contribution in [3.8, 4) is 0 Å². The van der Waals surface area contributed by atoms with Crippen LogP contribution in [0.1, 0.15) is 0 Å². The van der Waals surface area contributed by atoms with Crippen molar-refractivity contribution < 1.29 is 17.9 Å². The summed E-state index contributed by atoms with van der Waals surface area (Å²) in [6.45, 7) is 1.46. The second-order valence-electron chi connectivity index (χ2n) is 5.95. The number of ether oxygens (including phenoxy) is 1. The molecule has 10 heteroatoms. The van der Waals surface area contributed by atoms with Crippen LogP contribution in [0, 0.1) is 0 Å². The van der Waals surface area contributed by atoms with Crippen molar-refractivity contribution in [1.29, 1.82) is 0 Å². The molecule has 0 spiro atoms. The van der Waals surface area contributed by atoms with Gasteiger partial charge in [0.05, 0.1) is 28.9 Å². The maximum absolute atomic E-state index is 12.6. The van der Waals surface area contributed by atoms with Gasteiger partial charge in [0.2, 0.25) is 15.9 Å². The number of benzene rings is 2. The van der Waals surface area contributed by atoms with Gasteiger partial charge in [0.15, 0.2) is 0 Å². The van der Waals surface area contributed by atoms with Gasteiger partial charge in [0, 0.05) is 28.7 Å². The molecular weight excluding hydrogens is 443 g/mol. The molecule has 6 nitrogen and oxygen atoms in total. The van der Waals surface area contributed by atoms with Gasteiger partial charge in [0.1, 0.15) is 0 Å². The summed E-state index contributed by atoms with van der Waals surface area (Å²) in [5.74, 6) is -0.0849. The van der Waals surface area contributed by atoms with Gasteiger partial charge in [-0.25, -0.2) is 8.42 Å². The van der Waals surface area contributed by atoms with Crippen LogP contribution in [-0.4, -0.2) is 50.7 Å². The van der Waals surface area contributed by atoms with E-state index in [1.807, 2.05) is 0 Å². The Morgan fingerprint density at radius 2 is 1.79 bits per heavy atom. The Labute approximate surface area is 178 Å². The first kappa shape index (κ1) is 21.4. The van der Waals surface area contributed by atoms with Crippen LogP contribution in [0.5, 0.6) is 0 Å². The Morgan fingerprint density at radius 1 is 1.11 bits per heavy atom. The molecule has 28 heavy (non-hydrogen) atoms. The van der Waals surface area contributed by atoms with Gasteiger partial charge in [-0.3, -0.25) is 4.79 Å². The Kier molecular flexibility index (Phi) is 7.25. The summed E-state index contributed by atoms with van der Waals surface area (Å²) >= 11 is 13.3. The number of carbonyl (C=O) groups excluding carboxylic acids is 1. The molecule has 0 aliphatic carbocycles. The first-order chi connectivity index (χ1) is 13.4. The largest absolute Gasteiger partial charge is 0.379 e. The summed E-state index contributed by atoms with van der Waals surface area (Å²) < 4.78 is 31.8. The number of amides is 1. The average Bonchev–Trinajstić information content (AvgIpc) is 2.70. The van der Waals surface area contributed by atoms with Crippen LogP contribution >= 0.6 is 35.0 Å². The van der Waals surface area contributed by atoms with E-state index in [2.05, 4.69) is 5.32 Å². The van der Waals surface area contributed by atoms with E-state index in [0.717, 1.165) is 4.90 Å². The molecule has 0 unspecified atom stereocenters. The van der Waals surface area contributed by atoms with Crippen LogP contribution in [0.4, 0.5) is 5.69 Å². The molecule has 1 fully saturated rings. The third-order valence-electron chi connectivity index (χ3n) is 4.00. The fourth-order valence-electron chi connectivity index (χ4n) is 2.57. The molecule has 0 aromatic heterocycles. The highest BCUT2D eigenvalue weighted by Crippen LogP contribution is 2.30. The molecule has 2 aromatic rings. The maximum atomic E-state index is 12.6. The number of hydrogen-bond donors (Lipinski definition) is 1. The number of thioether (sulfide) groups is 1. The van der Waals surface area contributed by atoms with Gasteiger partial charge < -0.3 is 10.1 Å². The molecule has 1 N–H and O–H groups in total. The van der Waals surface area contributed by atoms with Crippen LogP contribution in [0.25, 0.3) is 0 Å². The molecule has 0 bridgehead atoms. The molecule has 1 heterocycles. The van der Waals surface area contributed by atoms with Crippen molar-refractivity contribution in [2.45, 2.75) is 9.79 Å².